The maximum absolute atomic E-state index is 12.7. The van der Waals surface area contributed by atoms with Crippen molar-refractivity contribution < 1.29 is 9.53 Å². The molecule has 1 aromatic heterocycles. The zero-order valence-electron chi connectivity index (χ0n) is 15.9. The van der Waals surface area contributed by atoms with Crippen LogP contribution in [0.3, 0.4) is 0 Å². The standard InChI is InChI=1S/C23H22N4O2/c24-19-11-9-16(13-18(19)22(25)20-6-3-4-12-26-20)23(28)27-14-17-10-8-15-5-1-2-7-21(15)29-17/h1-7,9,11-13,17,25H,8,10,14,24H2,(H,27,28). The number of benzene rings is 2. The molecular weight excluding hydrogens is 364 g/mol. The van der Waals surface area contributed by atoms with E-state index >= 15 is 0 Å². The van der Waals surface area contributed by atoms with Crippen molar-refractivity contribution in [2.24, 2.45) is 0 Å². The number of hydrogen-bond donors (Lipinski definition) is 3. The van der Waals surface area contributed by atoms with Crippen LogP contribution < -0.4 is 15.8 Å². The molecule has 0 aliphatic carbocycles. The highest BCUT2D eigenvalue weighted by molar-refractivity contribution is 6.13. The van der Waals surface area contributed by atoms with Gasteiger partial charge in [0, 0.05) is 23.0 Å². The fourth-order valence-electron chi connectivity index (χ4n) is 3.40. The predicted molar refractivity (Wildman–Crippen MR) is 113 cm³/mol. The highest BCUT2D eigenvalue weighted by Crippen LogP contribution is 2.26. The van der Waals surface area contributed by atoms with Gasteiger partial charge in [-0.3, -0.25) is 15.2 Å². The largest absolute Gasteiger partial charge is 0.488 e. The van der Waals surface area contributed by atoms with Crippen molar-refractivity contribution in [3.8, 4) is 5.75 Å². The van der Waals surface area contributed by atoms with Gasteiger partial charge >= 0.3 is 0 Å². The summed E-state index contributed by atoms with van der Waals surface area (Å²) < 4.78 is 5.98. The van der Waals surface area contributed by atoms with Crippen molar-refractivity contribution >= 4 is 17.3 Å². The van der Waals surface area contributed by atoms with Gasteiger partial charge in [-0.15, -0.1) is 0 Å². The number of para-hydroxylation sites is 1. The van der Waals surface area contributed by atoms with Gasteiger partial charge in [-0.2, -0.15) is 0 Å². The Morgan fingerprint density at radius 2 is 2.00 bits per heavy atom. The molecule has 1 unspecified atom stereocenters. The summed E-state index contributed by atoms with van der Waals surface area (Å²) in [6.45, 7) is 0.421. The van der Waals surface area contributed by atoms with Gasteiger partial charge < -0.3 is 15.8 Å². The molecule has 0 spiro atoms. The molecule has 1 amide bonds. The third-order valence-electron chi connectivity index (χ3n) is 5.00. The summed E-state index contributed by atoms with van der Waals surface area (Å²) >= 11 is 0. The molecule has 1 atom stereocenters. The van der Waals surface area contributed by atoms with E-state index in [4.69, 9.17) is 15.9 Å². The van der Waals surface area contributed by atoms with Crippen LogP contribution >= 0.6 is 0 Å². The lowest BCUT2D eigenvalue weighted by Crippen LogP contribution is -2.37. The van der Waals surface area contributed by atoms with Crippen LogP contribution in [0.2, 0.25) is 0 Å². The number of nitrogens with zero attached hydrogens (tertiary/aromatic N) is 1. The number of hydrogen-bond acceptors (Lipinski definition) is 5. The molecule has 2 heterocycles. The molecule has 2 aromatic carbocycles. The monoisotopic (exact) mass is 386 g/mol. The van der Waals surface area contributed by atoms with Crippen molar-refractivity contribution in [1.82, 2.24) is 10.3 Å². The van der Waals surface area contributed by atoms with Gasteiger partial charge in [0.1, 0.15) is 11.9 Å². The van der Waals surface area contributed by atoms with Crippen LogP contribution in [0, 0.1) is 5.41 Å². The van der Waals surface area contributed by atoms with Gasteiger partial charge in [-0.05, 0) is 54.8 Å². The number of anilines is 1. The van der Waals surface area contributed by atoms with Crippen LogP contribution in [0.5, 0.6) is 5.75 Å². The highest BCUT2D eigenvalue weighted by atomic mass is 16.5. The van der Waals surface area contributed by atoms with Crippen molar-refractivity contribution in [3.63, 3.8) is 0 Å². The van der Waals surface area contributed by atoms with E-state index in [2.05, 4.69) is 16.4 Å². The third-order valence-corrected chi connectivity index (χ3v) is 5.00. The molecule has 6 nitrogen and oxygen atoms in total. The van der Waals surface area contributed by atoms with E-state index in [-0.39, 0.29) is 17.7 Å². The average Bonchev–Trinajstić information content (AvgIpc) is 2.77. The fraction of sp³-hybridized carbons (Fsp3) is 0.174. The third kappa shape index (κ3) is 4.11. The summed E-state index contributed by atoms with van der Waals surface area (Å²) in [7, 11) is 0. The Kier molecular flexibility index (Phi) is 5.24. The Labute approximate surface area is 169 Å². The number of nitrogens with one attached hydrogen (secondary N) is 2. The zero-order chi connectivity index (χ0) is 20.2. The fourth-order valence-corrected chi connectivity index (χ4v) is 3.40. The number of rotatable bonds is 5. The topological polar surface area (TPSA) is 101 Å². The van der Waals surface area contributed by atoms with E-state index in [9.17, 15) is 4.79 Å². The van der Waals surface area contributed by atoms with Crippen LogP contribution in [0.25, 0.3) is 0 Å². The molecule has 4 N–H and O–H groups in total. The van der Waals surface area contributed by atoms with Crippen LogP contribution in [0.15, 0.2) is 66.9 Å². The molecule has 146 valence electrons. The maximum Gasteiger partial charge on any atom is 0.251 e. The quantitative estimate of drug-likeness (QED) is 0.463. The Hall–Kier alpha value is -3.67. The summed E-state index contributed by atoms with van der Waals surface area (Å²) in [6.07, 6.45) is 3.35. The second-order valence-electron chi connectivity index (χ2n) is 6.99. The number of nitrogen functional groups attached to an aromatic ring is 1. The minimum Gasteiger partial charge on any atom is -0.488 e. The normalized spacial score (nSPS) is 15.1. The smallest absolute Gasteiger partial charge is 0.251 e. The number of carbonyl (C=O) groups excluding carboxylic acids is 1. The molecule has 1 aliphatic heterocycles. The van der Waals surface area contributed by atoms with E-state index in [1.54, 1.807) is 36.5 Å². The second-order valence-corrected chi connectivity index (χ2v) is 6.99. The number of aryl methyl sites for hydroxylation is 1. The van der Waals surface area contributed by atoms with E-state index in [1.165, 1.54) is 5.56 Å². The number of nitrogens with two attached hydrogens (primary N) is 1. The van der Waals surface area contributed by atoms with Crippen molar-refractivity contribution in [2.75, 3.05) is 12.3 Å². The van der Waals surface area contributed by atoms with Crippen molar-refractivity contribution in [2.45, 2.75) is 18.9 Å². The number of amides is 1. The number of fused-ring (bicyclic) bond motifs is 1. The first-order chi connectivity index (χ1) is 14.1. The summed E-state index contributed by atoms with van der Waals surface area (Å²) in [5.74, 6) is 0.666. The molecule has 1 aliphatic rings. The molecule has 0 saturated heterocycles. The Morgan fingerprint density at radius 3 is 2.83 bits per heavy atom. The van der Waals surface area contributed by atoms with Crippen LogP contribution in [0.1, 0.15) is 33.6 Å². The molecule has 6 heteroatoms. The van der Waals surface area contributed by atoms with Crippen LogP contribution in [0.4, 0.5) is 5.69 Å². The first-order valence-electron chi connectivity index (χ1n) is 9.54. The minimum absolute atomic E-state index is 0.0612. The Bertz CT molecular complexity index is 1050. The number of aromatic nitrogens is 1. The maximum atomic E-state index is 12.7. The first-order valence-corrected chi connectivity index (χ1v) is 9.54. The molecule has 0 bridgehead atoms. The SMILES string of the molecule is N=C(c1ccccn1)c1cc(C(=O)NCC2CCc3ccccc3O2)ccc1N. The average molecular weight is 386 g/mol. The van der Waals surface area contributed by atoms with E-state index < -0.39 is 0 Å². The summed E-state index contributed by atoms with van der Waals surface area (Å²) in [5, 5.41) is 11.3. The van der Waals surface area contributed by atoms with E-state index in [0.717, 1.165) is 18.6 Å². The van der Waals surface area contributed by atoms with E-state index in [0.29, 0.717) is 29.1 Å². The van der Waals surface area contributed by atoms with Crippen LogP contribution in [-0.4, -0.2) is 29.3 Å². The molecule has 3 aromatic rings. The molecule has 4 rings (SSSR count). The molecule has 0 radical (unpaired) electrons. The zero-order valence-corrected chi connectivity index (χ0v) is 15.9. The van der Waals surface area contributed by atoms with Gasteiger partial charge in [0.15, 0.2) is 0 Å². The lowest BCUT2D eigenvalue weighted by Gasteiger charge is -2.26. The Balaban J connectivity index is 1.44. The summed E-state index contributed by atoms with van der Waals surface area (Å²) in [6, 6.07) is 18.3. The summed E-state index contributed by atoms with van der Waals surface area (Å²) in [4.78, 5) is 16.9. The van der Waals surface area contributed by atoms with Crippen LogP contribution in [-0.2, 0) is 6.42 Å². The second kappa shape index (κ2) is 8.14. The Morgan fingerprint density at radius 1 is 1.17 bits per heavy atom. The first kappa shape index (κ1) is 18.7. The molecule has 0 saturated carbocycles. The highest BCUT2D eigenvalue weighted by Gasteiger charge is 2.20. The predicted octanol–water partition coefficient (Wildman–Crippen LogP) is 3.20. The summed E-state index contributed by atoms with van der Waals surface area (Å²) in [5.41, 5.74) is 9.30. The van der Waals surface area contributed by atoms with Gasteiger partial charge in [-0.1, -0.05) is 24.3 Å². The van der Waals surface area contributed by atoms with Gasteiger partial charge in [0.25, 0.3) is 5.91 Å². The van der Waals surface area contributed by atoms with Crippen molar-refractivity contribution in [1.29, 1.82) is 5.41 Å². The van der Waals surface area contributed by atoms with Crippen molar-refractivity contribution in [3.05, 3.63) is 89.2 Å². The van der Waals surface area contributed by atoms with Gasteiger partial charge in [0.05, 0.1) is 18.0 Å². The number of ether oxygens (including phenoxy) is 1. The number of carbonyl (C=O) groups is 1. The molecule has 0 fully saturated rings. The minimum atomic E-state index is -0.220. The molecule has 29 heavy (non-hydrogen) atoms. The van der Waals surface area contributed by atoms with Gasteiger partial charge in [-0.25, -0.2) is 0 Å². The van der Waals surface area contributed by atoms with E-state index in [1.807, 2.05) is 24.3 Å². The lowest BCUT2D eigenvalue weighted by atomic mass is 10.0. The lowest BCUT2D eigenvalue weighted by molar-refractivity contribution is 0.0918. The van der Waals surface area contributed by atoms with Gasteiger partial charge in [0.2, 0.25) is 0 Å². The number of pyridine rings is 1. The molecular formula is C23H22N4O2.